The Labute approximate surface area is 154 Å². The number of hydrogen-bond donors (Lipinski definition) is 0. The predicted octanol–water partition coefficient (Wildman–Crippen LogP) is 5.03. The van der Waals surface area contributed by atoms with Gasteiger partial charge in [0.15, 0.2) is 11.8 Å². The maximum Gasteiger partial charge on any atom is 0.359 e. The fraction of sp³-hybridized carbons (Fsp3) is 0.235. The lowest BCUT2D eigenvalue weighted by Gasteiger charge is -2.13. The summed E-state index contributed by atoms with van der Waals surface area (Å²) in [5, 5.41) is 0.0221. The molecule has 4 nitrogen and oxygen atoms in total. The van der Waals surface area contributed by atoms with Gasteiger partial charge in [-0.05, 0) is 18.9 Å². The molecule has 24 heavy (non-hydrogen) atoms. The molecule has 1 atom stereocenters. The van der Waals surface area contributed by atoms with E-state index < -0.39 is 12.1 Å². The van der Waals surface area contributed by atoms with Gasteiger partial charge in [0, 0.05) is 11.8 Å². The van der Waals surface area contributed by atoms with E-state index >= 15 is 0 Å². The lowest BCUT2D eigenvalue weighted by atomic mass is 10.0. The molecule has 126 valence electrons. The number of ketones is 1. The van der Waals surface area contributed by atoms with Crippen molar-refractivity contribution in [2.24, 2.45) is 0 Å². The first-order chi connectivity index (χ1) is 11.3. The van der Waals surface area contributed by atoms with Gasteiger partial charge in [-0.25, -0.2) is 9.78 Å². The topological polar surface area (TPSA) is 56.3 Å². The lowest BCUT2D eigenvalue weighted by molar-refractivity contribution is 0.0313. The first-order valence-electron chi connectivity index (χ1n) is 7.18. The molecule has 0 unspecified atom stereocenters. The van der Waals surface area contributed by atoms with Gasteiger partial charge >= 0.3 is 5.97 Å². The summed E-state index contributed by atoms with van der Waals surface area (Å²) in [6, 6.07) is 7.13. The van der Waals surface area contributed by atoms with Crippen LogP contribution >= 0.6 is 34.8 Å². The zero-order valence-electron chi connectivity index (χ0n) is 13.0. The Balaban J connectivity index is 2.13. The summed E-state index contributed by atoms with van der Waals surface area (Å²) in [6.45, 7) is 3.51. The summed E-state index contributed by atoms with van der Waals surface area (Å²) in [5.74, 6) is -1.16. The van der Waals surface area contributed by atoms with Gasteiger partial charge in [-0.1, -0.05) is 66.0 Å². The Hall–Kier alpha value is -1.62. The van der Waals surface area contributed by atoms with Crippen LogP contribution in [0.1, 0.15) is 40.3 Å². The molecular weight excluding hydrogens is 373 g/mol. The Morgan fingerprint density at radius 1 is 1.12 bits per heavy atom. The third-order valence-electron chi connectivity index (χ3n) is 3.41. The maximum absolute atomic E-state index is 12.3. The van der Waals surface area contributed by atoms with E-state index in [0.29, 0.717) is 5.56 Å². The number of rotatable bonds is 5. The summed E-state index contributed by atoms with van der Waals surface area (Å²) in [4.78, 5) is 28.3. The van der Waals surface area contributed by atoms with E-state index in [1.165, 1.54) is 13.1 Å². The van der Waals surface area contributed by atoms with Crippen molar-refractivity contribution in [3.05, 3.63) is 62.4 Å². The number of aryl methyl sites for hydroxylation is 1. The molecule has 0 radical (unpaired) electrons. The molecule has 0 saturated carbocycles. The van der Waals surface area contributed by atoms with E-state index in [4.69, 9.17) is 39.5 Å². The van der Waals surface area contributed by atoms with E-state index in [1.54, 1.807) is 12.1 Å². The quantitative estimate of drug-likeness (QED) is 0.534. The summed E-state index contributed by atoms with van der Waals surface area (Å²) in [6.07, 6.45) is 1.08. The first-order valence-corrected chi connectivity index (χ1v) is 8.32. The molecule has 1 aromatic carbocycles. The minimum Gasteiger partial charge on any atom is -0.449 e. The molecule has 7 heteroatoms. The Bertz CT molecular complexity index is 775. The highest BCUT2D eigenvalue weighted by Gasteiger charge is 2.24. The van der Waals surface area contributed by atoms with Crippen molar-refractivity contribution < 1.29 is 14.3 Å². The molecule has 1 heterocycles. The highest BCUT2D eigenvalue weighted by molar-refractivity contribution is 6.48. The summed E-state index contributed by atoms with van der Waals surface area (Å²) in [5.41, 5.74) is 1.38. The highest BCUT2D eigenvalue weighted by Crippen LogP contribution is 2.31. The minimum absolute atomic E-state index is 0.00872. The average Bonchev–Trinajstić information content (AvgIpc) is 2.59. The molecule has 0 aliphatic carbocycles. The number of benzene rings is 1. The molecule has 1 aromatic heterocycles. The van der Waals surface area contributed by atoms with Crippen molar-refractivity contribution in [3.63, 3.8) is 0 Å². The number of halogens is 3. The number of pyridine rings is 1. The maximum atomic E-state index is 12.3. The van der Waals surface area contributed by atoms with Crippen molar-refractivity contribution >= 4 is 46.6 Å². The molecule has 0 fully saturated rings. The smallest absolute Gasteiger partial charge is 0.359 e. The van der Waals surface area contributed by atoms with Crippen LogP contribution in [-0.2, 0) is 11.2 Å². The molecule has 0 aliphatic rings. The second kappa shape index (κ2) is 7.97. The van der Waals surface area contributed by atoms with Gasteiger partial charge in [0.05, 0.1) is 15.1 Å². The second-order valence-corrected chi connectivity index (χ2v) is 6.21. The zero-order valence-corrected chi connectivity index (χ0v) is 15.2. The van der Waals surface area contributed by atoms with Crippen LogP contribution in [0.15, 0.2) is 30.5 Å². The van der Waals surface area contributed by atoms with Crippen molar-refractivity contribution in [2.75, 3.05) is 0 Å². The standard InChI is InChI=1S/C17H14Cl3NO3/c1-3-10-4-6-11(7-5-10)16(22)9(2)24-17(23)15-14(20)13(19)12(18)8-21-15/h4-9H,3H2,1-2H3/t9-/m0/s1. The van der Waals surface area contributed by atoms with Crippen LogP contribution in [0.25, 0.3) is 0 Å². The number of carbonyl (C=O) groups is 2. The van der Waals surface area contributed by atoms with Gasteiger partial charge in [-0.15, -0.1) is 0 Å². The summed E-state index contributed by atoms with van der Waals surface area (Å²) >= 11 is 17.6. The van der Waals surface area contributed by atoms with Crippen molar-refractivity contribution in [3.8, 4) is 0 Å². The van der Waals surface area contributed by atoms with E-state index in [1.807, 2.05) is 19.1 Å². The molecule has 0 N–H and O–H groups in total. The SMILES string of the molecule is CCc1ccc(C(=O)[C@H](C)OC(=O)c2ncc(Cl)c(Cl)c2Cl)cc1. The zero-order chi connectivity index (χ0) is 17.9. The lowest BCUT2D eigenvalue weighted by Crippen LogP contribution is -2.25. The monoisotopic (exact) mass is 385 g/mol. The molecule has 0 aliphatic heterocycles. The molecule has 2 rings (SSSR count). The Kier molecular flexibility index (Phi) is 6.21. The van der Waals surface area contributed by atoms with Crippen molar-refractivity contribution in [1.82, 2.24) is 4.98 Å². The fourth-order valence-electron chi connectivity index (χ4n) is 1.99. The van der Waals surface area contributed by atoms with E-state index in [2.05, 4.69) is 4.98 Å². The predicted molar refractivity (Wildman–Crippen MR) is 94.3 cm³/mol. The molecule has 0 spiro atoms. The van der Waals surface area contributed by atoms with Gasteiger partial charge in [0.1, 0.15) is 0 Å². The number of hydrogen-bond acceptors (Lipinski definition) is 4. The second-order valence-electron chi connectivity index (χ2n) is 5.04. The van der Waals surface area contributed by atoms with Gasteiger partial charge in [-0.2, -0.15) is 0 Å². The van der Waals surface area contributed by atoms with Crippen LogP contribution in [0, 0.1) is 0 Å². The largest absolute Gasteiger partial charge is 0.449 e. The first kappa shape index (κ1) is 18.7. The van der Waals surface area contributed by atoms with E-state index in [9.17, 15) is 9.59 Å². The number of esters is 1. The van der Waals surface area contributed by atoms with E-state index in [0.717, 1.165) is 12.0 Å². The van der Waals surface area contributed by atoms with Crippen LogP contribution in [0.2, 0.25) is 15.1 Å². The van der Waals surface area contributed by atoms with Crippen LogP contribution < -0.4 is 0 Å². The molecule has 2 aromatic rings. The normalized spacial score (nSPS) is 11.9. The van der Waals surface area contributed by atoms with Crippen LogP contribution in [-0.4, -0.2) is 22.8 Å². The third kappa shape index (κ3) is 4.07. The summed E-state index contributed by atoms with van der Waals surface area (Å²) in [7, 11) is 0. The van der Waals surface area contributed by atoms with Gasteiger partial charge in [0.2, 0.25) is 5.78 Å². The number of Topliss-reactive ketones (excluding diaryl/α,β-unsaturated/α-hetero) is 1. The number of ether oxygens (including phenoxy) is 1. The molecular formula is C17H14Cl3NO3. The number of aromatic nitrogens is 1. The van der Waals surface area contributed by atoms with Gasteiger partial charge < -0.3 is 4.74 Å². The van der Waals surface area contributed by atoms with Crippen LogP contribution in [0.5, 0.6) is 0 Å². The highest BCUT2D eigenvalue weighted by atomic mass is 35.5. The van der Waals surface area contributed by atoms with Crippen LogP contribution in [0.4, 0.5) is 0 Å². The van der Waals surface area contributed by atoms with Crippen molar-refractivity contribution in [1.29, 1.82) is 0 Å². The van der Waals surface area contributed by atoms with Gasteiger partial charge in [-0.3, -0.25) is 4.79 Å². The third-order valence-corrected chi connectivity index (χ3v) is 4.65. The molecule has 0 amide bonds. The average molecular weight is 387 g/mol. The molecule has 0 saturated heterocycles. The Morgan fingerprint density at radius 2 is 1.75 bits per heavy atom. The van der Waals surface area contributed by atoms with Crippen LogP contribution in [0.3, 0.4) is 0 Å². The number of carbonyl (C=O) groups excluding carboxylic acids is 2. The van der Waals surface area contributed by atoms with Crippen molar-refractivity contribution in [2.45, 2.75) is 26.4 Å². The van der Waals surface area contributed by atoms with Gasteiger partial charge in [0.25, 0.3) is 0 Å². The molecule has 0 bridgehead atoms. The number of nitrogens with zero attached hydrogens (tertiary/aromatic N) is 1. The summed E-state index contributed by atoms with van der Waals surface area (Å²) < 4.78 is 5.15. The van der Waals surface area contributed by atoms with E-state index in [-0.39, 0.29) is 26.5 Å². The fourth-order valence-corrected chi connectivity index (χ4v) is 2.55. The minimum atomic E-state index is -0.989. The Morgan fingerprint density at radius 3 is 2.33 bits per heavy atom.